The molecule has 19 heavy (non-hydrogen) atoms. The molecule has 5 heteroatoms. The second-order valence-corrected chi connectivity index (χ2v) is 6.16. The van der Waals surface area contributed by atoms with Gasteiger partial charge in [0.05, 0.1) is 12.3 Å². The Kier molecular flexibility index (Phi) is 4.23. The summed E-state index contributed by atoms with van der Waals surface area (Å²) in [5.41, 5.74) is 2.44. The van der Waals surface area contributed by atoms with Gasteiger partial charge < -0.3 is 0 Å². The third kappa shape index (κ3) is 3.55. The Labute approximate surface area is 113 Å². The van der Waals surface area contributed by atoms with Crippen molar-refractivity contribution in [2.45, 2.75) is 18.9 Å². The molecule has 0 aliphatic heterocycles. The van der Waals surface area contributed by atoms with Crippen molar-refractivity contribution in [1.29, 1.82) is 0 Å². The number of terminal acetylenes is 1. The molecular formula is C14H16FNO2S. The Morgan fingerprint density at radius 2 is 2.16 bits per heavy atom. The molecule has 1 atom stereocenters. The molecule has 0 heterocycles. The Balaban J connectivity index is 2.15. The zero-order valence-electron chi connectivity index (χ0n) is 10.5. The highest BCUT2D eigenvalue weighted by molar-refractivity contribution is 7.86. The molecule has 3 nitrogen and oxygen atoms in total. The summed E-state index contributed by atoms with van der Waals surface area (Å²) in [4.78, 5) is 1.86. The maximum atomic E-state index is 12.7. The molecule has 1 aliphatic carbocycles. The SMILES string of the molecule is C#CCN(CCS(=O)(=O)F)[C@@H]1CCc2ccccc21. The normalized spacial score (nSPS) is 18.3. The van der Waals surface area contributed by atoms with E-state index in [1.54, 1.807) is 0 Å². The van der Waals surface area contributed by atoms with Crippen LogP contribution in [0.5, 0.6) is 0 Å². The van der Waals surface area contributed by atoms with E-state index >= 15 is 0 Å². The van der Waals surface area contributed by atoms with Crippen molar-refractivity contribution in [1.82, 2.24) is 4.90 Å². The molecule has 0 aromatic heterocycles. The smallest absolute Gasteiger partial charge is 0.284 e. The number of halogens is 1. The van der Waals surface area contributed by atoms with E-state index in [1.807, 2.05) is 23.1 Å². The van der Waals surface area contributed by atoms with E-state index in [0.717, 1.165) is 12.8 Å². The van der Waals surface area contributed by atoms with Gasteiger partial charge in [0, 0.05) is 12.6 Å². The second-order valence-electron chi connectivity index (χ2n) is 4.67. The predicted molar refractivity (Wildman–Crippen MR) is 72.8 cm³/mol. The molecule has 0 fully saturated rings. The lowest BCUT2D eigenvalue weighted by atomic mass is 10.1. The molecule has 1 aromatic carbocycles. The average Bonchev–Trinajstić information content (AvgIpc) is 2.77. The summed E-state index contributed by atoms with van der Waals surface area (Å²) in [6.07, 6.45) is 7.17. The first kappa shape index (κ1) is 14.0. The van der Waals surface area contributed by atoms with E-state index in [0.29, 0.717) is 6.54 Å². The lowest BCUT2D eigenvalue weighted by Crippen LogP contribution is -2.32. The van der Waals surface area contributed by atoms with Gasteiger partial charge in [-0.05, 0) is 24.0 Å². The number of aryl methyl sites for hydroxylation is 1. The molecule has 0 unspecified atom stereocenters. The molecule has 102 valence electrons. The minimum absolute atomic E-state index is 0.0917. The van der Waals surface area contributed by atoms with Gasteiger partial charge in [-0.3, -0.25) is 4.90 Å². The summed E-state index contributed by atoms with van der Waals surface area (Å²) in [5.74, 6) is 2.01. The number of benzene rings is 1. The maximum Gasteiger partial charge on any atom is 0.303 e. The van der Waals surface area contributed by atoms with Crippen LogP contribution < -0.4 is 0 Å². The van der Waals surface area contributed by atoms with Crippen LogP contribution in [0.3, 0.4) is 0 Å². The molecule has 0 N–H and O–H groups in total. The van der Waals surface area contributed by atoms with Crippen molar-refractivity contribution in [3.8, 4) is 12.3 Å². The summed E-state index contributed by atoms with van der Waals surface area (Å²) in [6.45, 7) is 0.455. The van der Waals surface area contributed by atoms with Crippen molar-refractivity contribution in [3.05, 3.63) is 35.4 Å². The molecule has 0 spiro atoms. The first-order chi connectivity index (χ1) is 9.01. The fourth-order valence-corrected chi connectivity index (χ4v) is 3.06. The lowest BCUT2D eigenvalue weighted by Gasteiger charge is -2.27. The Bertz CT molecular complexity index is 592. The fourth-order valence-electron chi connectivity index (χ4n) is 2.60. The van der Waals surface area contributed by atoms with Crippen LogP contribution in [-0.4, -0.2) is 32.2 Å². The molecule has 0 bridgehead atoms. The van der Waals surface area contributed by atoms with E-state index in [1.165, 1.54) is 11.1 Å². The van der Waals surface area contributed by atoms with Gasteiger partial charge in [0.2, 0.25) is 0 Å². The van der Waals surface area contributed by atoms with Gasteiger partial charge in [0.25, 0.3) is 0 Å². The van der Waals surface area contributed by atoms with Crippen molar-refractivity contribution >= 4 is 10.2 Å². The van der Waals surface area contributed by atoms with Gasteiger partial charge in [-0.1, -0.05) is 30.2 Å². The van der Waals surface area contributed by atoms with Crippen LogP contribution in [0.2, 0.25) is 0 Å². The van der Waals surface area contributed by atoms with E-state index in [4.69, 9.17) is 6.42 Å². The first-order valence-electron chi connectivity index (χ1n) is 6.19. The largest absolute Gasteiger partial charge is 0.303 e. The molecule has 0 saturated carbocycles. The lowest BCUT2D eigenvalue weighted by molar-refractivity contribution is 0.234. The number of hydrogen-bond donors (Lipinski definition) is 0. The quantitative estimate of drug-likeness (QED) is 0.611. The third-order valence-corrected chi connectivity index (χ3v) is 4.13. The van der Waals surface area contributed by atoms with E-state index < -0.39 is 16.0 Å². The van der Waals surface area contributed by atoms with Crippen LogP contribution in [0.25, 0.3) is 0 Å². The van der Waals surface area contributed by atoms with Crippen LogP contribution in [0.1, 0.15) is 23.6 Å². The molecule has 2 rings (SSSR count). The zero-order valence-corrected chi connectivity index (χ0v) is 11.4. The van der Waals surface area contributed by atoms with Crippen LogP contribution in [-0.2, 0) is 16.6 Å². The van der Waals surface area contributed by atoms with E-state index in [2.05, 4.69) is 12.0 Å². The van der Waals surface area contributed by atoms with Crippen LogP contribution in [0, 0.1) is 12.3 Å². The minimum atomic E-state index is -4.45. The summed E-state index contributed by atoms with van der Waals surface area (Å²) in [6, 6.07) is 8.13. The molecule has 0 saturated heterocycles. The topological polar surface area (TPSA) is 37.4 Å². The number of hydrogen-bond acceptors (Lipinski definition) is 3. The Hall–Kier alpha value is -1.38. The maximum absolute atomic E-state index is 12.7. The van der Waals surface area contributed by atoms with Crippen molar-refractivity contribution in [3.63, 3.8) is 0 Å². The van der Waals surface area contributed by atoms with Crippen molar-refractivity contribution in [2.24, 2.45) is 0 Å². The highest BCUT2D eigenvalue weighted by atomic mass is 32.3. The van der Waals surface area contributed by atoms with E-state index in [9.17, 15) is 12.3 Å². The zero-order chi connectivity index (χ0) is 13.9. The molecule has 1 aromatic rings. The third-order valence-electron chi connectivity index (χ3n) is 3.46. The van der Waals surface area contributed by atoms with Gasteiger partial charge in [0.1, 0.15) is 0 Å². The van der Waals surface area contributed by atoms with Gasteiger partial charge in [0.15, 0.2) is 0 Å². The Morgan fingerprint density at radius 1 is 1.42 bits per heavy atom. The standard InChI is InChI=1S/C14H16FNO2S/c1-2-9-16(10-11-19(15,17)18)14-8-7-12-5-3-4-6-13(12)14/h1,3-6,14H,7-11H2/t14-/m1/s1. The van der Waals surface area contributed by atoms with Crippen LogP contribution in [0.15, 0.2) is 24.3 Å². The molecule has 0 radical (unpaired) electrons. The van der Waals surface area contributed by atoms with Crippen molar-refractivity contribution < 1.29 is 12.3 Å². The van der Waals surface area contributed by atoms with Crippen LogP contribution >= 0.6 is 0 Å². The van der Waals surface area contributed by atoms with E-state index in [-0.39, 0.29) is 12.6 Å². The summed E-state index contributed by atoms with van der Waals surface area (Å²) >= 11 is 0. The summed E-state index contributed by atoms with van der Waals surface area (Å²) in [7, 11) is -4.45. The first-order valence-corrected chi connectivity index (χ1v) is 7.74. The second kappa shape index (κ2) is 5.72. The van der Waals surface area contributed by atoms with Crippen molar-refractivity contribution in [2.75, 3.05) is 18.8 Å². The highest BCUT2D eigenvalue weighted by Gasteiger charge is 2.27. The molecular weight excluding hydrogens is 265 g/mol. The summed E-state index contributed by atoms with van der Waals surface area (Å²) < 4.78 is 34.0. The van der Waals surface area contributed by atoms with Gasteiger partial charge >= 0.3 is 10.2 Å². The molecule has 0 amide bonds. The summed E-state index contributed by atoms with van der Waals surface area (Å²) in [5, 5.41) is 0. The highest BCUT2D eigenvalue weighted by Crippen LogP contribution is 2.35. The number of fused-ring (bicyclic) bond motifs is 1. The van der Waals surface area contributed by atoms with Crippen LogP contribution in [0.4, 0.5) is 3.89 Å². The fraction of sp³-hybridized carbons (Fsp3) is 0.429. The number of rotatable bonds is 5. The number of nitrogens with zero attached hydrogens (tertiary/aromatic N) is 1. The van der Waals surface area contributed by atoms with Gasteiger partial charge in [-0.2, -0.15) is 8.42 Å². The minimum Gasteiger partial charge on any atom is -0.284 e. The Morgan fingerprint density at radius 3 is 2.84 bits per heavy atom. The monoisotopic (exact) mass is 281 g/mol. The predicted octanol–water partition coefficient (Wildman–Crippen LogP) is 1.91. The molecule has 1 aliphatic rings. The average molecular weight is 281 g/mol. The van der Waals surface area contributed by atoms with Gasteiger partial charge in [-0.15, -0.1) is 10.3 Å². The van der Waals surface area contributed by atoms with Gasteiger partial charge in [-0.25, -0.2) is 0 Å².